The lowest BCUT2D eigenvalue weighted by Gasteiger charge is -2.10. The summed E-state index contributed by atoms with van der Waals surface area (Å²) in [7, 11) is -3.66. The second-order valence-corrected chi connectivity index (χ2v) is 6.53. The number of hydrogen-bond acceptors (Lipinski definition) is 5. The fraction of sp³-hybridized carbons (Fsp3) is 0.357. The Hall–Kier alpha value is -1.86. The molecule has 1 aromatic heterocycles. The number of rotatable bonds is 5. The molecule has 1 heterocycles. The van der Waals surface area contributed by atoms with Crippen molar-refractivity contribution < 1.29 is 12.8 Å². The van der Waals surface area contributed by atoms with Gasteiger partial charge in [0.15, 0.2) is 0 Å². The van der Waals surface area contributed by atoms with Gasteiger partial charge < -0.3 is 10.2 Å². The minimum atomic E-state index is -3.66. The van der Waals surface area contributed by atoms with Crippen LogP contribution >= 0.6 is 0 Å². The van der Waals surface area contributed by atoms with Gasteiger partial charge in [0.25, 0.3) is 0 Å². The number of sulfonamides is 1. The number of nitrogens with one attached hydrogen (secondary N) is 1. The molecule has 21 heavy (non-hydrogen) atoms. The van der Waals surface area contributed by atoms with Gasteiger partial charge in [0.1, 0.15) is 5.76 Å². The van der Waals surface area contributed by atoms with Crippen LogP contribution in [0.1, 0.15) is 29.8 Å². The van der Waals surface area contributed by atoms with E-state index in [0.717, 1.165) is 11.3 Å². The Morgan fingerprint density at radius 1 is 1.33 bits per heavy atom. The molecule has 0 radical (unpaired) electrons. The molecule has 0 aliphatic heterocycles. The number of benzene rings is 1. The first-order valence-corrected chi connectivity index (χ1v) is 8.12. The molecule has 7 heteroatoms. The fourth-order valence-electron chi connectivity index (χ4n) is 1.96. The maximum Gasteiger partial charge on any atom is 0.241 e. The fourth-order valence-corrected chi connectivity index (χ4v) is 3.28. The first-order chi connectivity index (χ1) is 9.83. The molecular weight excluding hydrogens is 290 g/mol. The molecule has 0 unspecified atom stereocenters. The smallest absolute Gasteiger partial charge is 0.241 e. The van der Waals surface area contributed by atoms with Crippen molar-refractivity contribution in [2.45, 2.75) is 38.6 Å². The molecule has 3 N–H and O–H groups in total. The predicted molar refractivity (Wildman–Crippen MR) is 80.2 cm³/mol. The van der Waals surface area contributed by atoms with Crippen molar-refractivity contribution in [3.05, 3.63) is 41.1 Å². The molecule has 2 rings (SSSR count). The van der Waals surface area contributed by atoms with E-state index in [0.29, 0.717) is 23.8 Å². The van der Waals surface area contributed by atoms with Gasteiger partial charge in [0, 0.05) is 5.69 Å². The largest absolute Gasteiger partial charge is 0.444 e. The van der Waals surface area contributed by atoms with Crippen LogP contribution in [0.5, 0.6) is 0 Å². The number of anilines is 1. The van der Waals surface area contributed by atoms with E-state index in [4.69, 9.17) is 10.2 Å². The second kappa shape index (κ2) is 5.87. The number of aromatic nitrogens is 1. The number of oxazole rings is 1. The molecule has 0 saturated heterocycles. The molecule has 6 nitrogen and oxygen atoms in total. The van der Waals surface area contributed by atoms with Crippen LogP contribution < -0.4 is 10.5 Å². The van der Waals surface area contributed by atoms with Crippen LogP contribution in [-0.2, 0) is 23.0 Å². The lowest BCUT2D eigenvalue weighted by Crippen LogP contribution is -2.24. The van der Waals surface area contributed by atoms with Crippen molar-refractivity contribution in [3.8, 4) is 0 Å². The van der Waals surface area contributed by atoms with Crippen LogP contribution in [0.2, 0.25) is 0 Å². The summed E-state index contributed by atoms with van der Waals surface area (Å²) in [6.45, 7) is 5.50. The lowest BCUT2D eigenvalue weighted by molar-refractivity contribution is 0.463. The van der Waals surface area contributed by atoms with E-state index in [1.807, 2.05) is 13.8 Å². The van der Waals surface area contributed by atoms with E-state index >= 15 is 0 Å². The SMILES string of the molecule is CCc1ccc(N)cc1S(=O)(=O)NCc1nc(C)c(C)o1. The Bertz CT molecular complexity index is 731. The van der Waals surface area contributed by atoms with Crippen LogP contribution in [-0.4, -0.2) is 13.4 Å². The van der Waals surface area contributed by atoms with E-state index in [-0.39, 0.29) is 11.4 Å². The molecule has 0 aliphatic rings. The van der Waals surface area contributed by atoms with Crippen molar-refractivity contribution in [3.63, 3.8) is 0 Å². The summed E-state index contributed by atoms with van der Waals surface area (Å²) in [5.74, 6) is 1.03. The molecule has 0 fully saturated rings. The van der Waals surface area contributed by atoms with Crippen molar-refractivity contribution in [1.29, 1.82) is 0 Å². The van der Waals surface area contributed by atoms with Gasteiger partial charge in [-0.1, -0.05) is 13.0 Å². The molecular formula is C14H19N3O3S. The highest BCUT2D eigenvalue weighted by molar-refractivity contribution is 7.89. The summed E-state index contributed by atoms with van der Waals surface area (Å²) < 4.78 is 32.6. The minimum absolute atomic E-state index is 0.00890. The summed E-state index contributed by atoms with van der Waals surface area (Å²) in [4.78, 5) is 4.35. The third kappa shape index (κ3) is 3.43. The topological polar surface area (TPSA) is 98.2 Å². The number of aryl methyl sites for hydroxylation is 3. The molecule has 0 bridgehead atoms. The zero-order chi connectivity index (χ0) is 15.6. The van der Waals surface area contributed by atoms with Crippen LogP contribution in [0.25, 0.3) is 0 Å². The molecule has 0 aliphatic carbocycles. The van der Waals surface area contributed by atoms with Gasteiger partial charge >= 0.3 is 0 Å². The Morgan fingerprint density at radius 2 is 2.05 bits per heavy atom. The normalized spacial score (nSPS) is 11.8. The van der Waals surface area contributed by atoms with Gasteiger partial charge in [-0.2, -0.15) is 0 Å². The van der Waals surface area contributed by atoms with Crippen LogP contribution in [0, 0.1) is 13.8 Å². The van der Waals surface area contributed by atoms with E-state index < -0.39 is 10.0 Å². The molecule has 114 valence electrons. The highest BCUT2D eigenvalue weighted by Crippen LogP contribution is 2.20. The second-order valence-electron chi connectivity index (χ2n) is 4.79. The maximum atomic E-state index is 12.4. The predicted octanol–water partition coefficient (Wildman–Crippen LogP) is 1.91. The number of hydrogen-bond donors (Lipinski definition) is 2. The van der Waals surface area contributed by atoms with Crippen molar-refractivity contribution in [2.24, 2.45) is 0 Å². The standard InChI is InChI=1S/C14H19N3O3S/c1-4-11-5-6-12(15)7-13(11)21(18,19)16-8-14-17-9(2)10(3)20-14/h5-7,16H,4,8,15H2,1-3H3. The lowest BCUT2D eigenvalue weighted by atomic mass is 10.1. The number of nitrogens with two attached hydrogens (primary N) is 1. The van der Waals surface area contributed by atoms with E-state index in [1.54, 1.807) is 19.1 Å². The molecule has 0 saturated carbocycles. The Balaban J connectivity index is 2.24. The summed E-state index contributed by atoms with van der Waals surface area (Å²) in [6.07, 6.45) is 0.605. The first-order valence-electron chi connectivity index (χ1n) is 6.64. The highest BCUT2D eigenvalue weighted by Gasteiger charge is 2.19. The highest BCUT2D eigenvalue weighted by atomic mass is 32.2. The number of nitrogen functional groups attached to an aromatic ring is 1. The summed E-state index contributed by atoms with van der Waals surface area (Å²) in [5.41, 5.74) is 7.57. The van der Waals surface area contributed by atoms with Gasteiger partial charge in [0.2, 0.25) is 15.9 Å². The molecule has 1 aromatic carbocycles. The minimum Gasteiger partial charge on any atom is -0.444 e. The Labute approximate surface area is 124 Å². The van der Waals surface area contributed by atoms with Crippen LogP contribution in [0.3, 0.4) is 0 Å². The summed E-state index contributed by atoms with van der Waals surface area (Å²) in [6, 6.07) is 4.88. The van der Waals surface area contributed by atoms with Crippen molar-refractivity contribution in [1.82, 2.24) is 9.71 Å². The van der Waals surface area contributed by atoms with Gasteiger partial charge in [0.05, 0.1) is 17.1 Å². The van der Waals surface area contributed by atoms with Crippen LogP contribution in [0.4, 0.5) is 5.69 Å². The van der Waals surface area contributed by atoms with Crippen LogP contribution in [0.15, 0.2) is 27.5 Å². The Kier molecular flexibility index (Phi) is 4.34. The van der Waals surface area contributed by atoms with Gasteiger partial charge in [-0.3, -0.25) is 0 Å². The van der Waals surface area contributed by atoms with Gasteiger partial charge in [-0.25, -0.2) is 18.1 Å². The molecule has 2 aromatic rings. The van der Waals surface area contributed by atoms with E-state index in [9.17, 15) is 8.42 Å². The Morgan fingerprint density at radius 3 is 2.62 bits per heavy atom. The van der Waals surface area contributed by atoms with Crippen molar-refractivity contribution in [2.75, 3.05) is 5.73 Å². The maximum absolute atomic E-state index is 12.4. The monoisotopic (exact) mass is 309 g/mol. The van der Waals surface area contributed by atoms with Gasteiger partial charge in [-0.15, -0.1) is 0 Å². The number of nitrogens with zero attached hydrogens (tertiary/aromatic N) is 1. The quantitative estimate of drug-likeness (QED) is 0.822. The average molecular weight is 309 g/mol. The zero-order valence-electron chi connectivity index (χ0n) is 12.3. The van der Waals surface area contributed by atoms with Gasteiger partial charge in [-0.05, 0) is 38.0 Å². The molecule has 0 amide bonds. The van der Waals surface area contributed by atoms with E-state index in [1.165, 1.54) is 6.07 Å². The zero-order valence-corrected chi connectivity index (χ0v) is 13.1. The summed E-state index contributed by atoms with van der Waals surface area (Å²) in [5, 5.41) is 0. The third-order valence-electron chi connectivity index (χ3n) is 3.25. The van der Waals surface area contributed by atoms with Crippen molar-refractivity contribution >= 4 is 15.7 Å². The average Bonchev–Trinajstić information content (AvgIpc) is 2.76. The third-order valence-corrected chi connectivity index (χ3v) is 4.73. The van der Waals surface area contributed by atoms with E-state index in [2.05, 4.69) is 9.71 Å². The molecule has 0 spiro atoms. The first kappa shape index (κ1) is 15.5. The summed E-state index contributed by atoms with van der Waals surface area (Å²) >= 11 is 0. The molecule has 0 atom stereocenters.